The fourth-order valence-corrected chi connectivity index (χ4v) is 13.5. The summed E-state index contributed by atoms with van der Waals surface area (Å²) in [5, 5.41) is 0.0889. The summed E-state index contributed by atoms with van der Waals surface area (Å²) in [5.74, 6) is -1.11. The molecule has 2 saturated heterocycles. The molecule has 41 heavy (non-hydrogen) atoms. The third-order valence-electron chi connectivity index (χ3n) is 9.73. The van der Waals surface area contributed by atoms with Crippen LogP contribution < -0.4 is 0 Å². The van der Waals surface area contributed by atoms with Crippen molar-refractivity contribution in [3.05, 3.63) is 0 Å². The number of hydrogen-bond acceptors (Lipinski definition) is 7. The zero-order valence-electron chi connectivity index (χ0n) is 29.1. The second-order valence-corrected chi connectivity index (χ2v) is 26.3. The van der Waals surface area contributed by atoms with Crippen molar-refractivity contribution in [2.75, 3.05) is 20.3 Å². The summed E-state index contributed by atoms with van der Waals surface area (Å²) in [6.45, 7) is 31.6. The topological polar surface area (TPSA) is 72.5 Å². The van der Waals surface area contributed by atoms with E-state index in [2.05, 4.69) is 75.4 Å². The summed E-state index contributed by atoms with van der Waals surface area (Å²) in [4.78, 5) is 12.6. The number of methoxy groups -OCH3 is 1. The Labute approximate surface area is 254 Å². The molecule has 0 aromatic carbocycles. The number of esters is 1. The van der Waals surface area contributed by atoms with Crippen LogP contribution in [0.3, 0.4) is 0 Å². The predicted molar refractivity (Wildman–Crippen MR) is 171 cm³/mol. The van der Waals surface area contributed by atoms with Crippen molar-refractivity contribution < 1.29 is 32.6 Å². The Morgan fingerprint density at radius 3 is 1.73 bits per heavy atom. The van der Waals surface area contributed by atoms with Crippen molar-refractivity contribution in [1.82, 2.24) is 0 Å². The van der Waals surface area contributed by atoms with Gasteiger partial charge in [-0.3, -0.25) is 4.79 Å². The minimum atomic E-state index is -2.08. The zero-order chi connectivity index (χ0) is 31.6. The summed E-state index contributed by atoms with van der Waals surface area (Å²) in [7, 11) is -2.40. The van der Waals surface area contributed by atoms with Gasteiger partial charge in [-0.05, 0) is 55.5 Å². The molecule has 2 rings (SSSR count). The van der Waals surface area contributed by atoms with Gasteiger partial charge in [0.2, 0.25) is 0 Å². The first kappa shape index (κ1) is 36.9. The zero-order valence-corrected chi connectivity index (χ0v) is 31.1. The third-order valence-corrected chi connectivity index (χ3v) is 20.3. The van der Waals surface area contributed by atoms with Crippen LogP contribution in [0.5, 0.6) is 0 Å². The van der Waals surface area contributed by atoms with Gasteiger partial charge in [0.1, 0.15) is 6.61 Å². The average molecular weight is 617 g/mol. The van der Waals surface area contributed by atoms with E-state index >= 15 is 0 Å². The van der Waals surface area contributed by atoms with E-state index in [1.165, 1.54) is 0 Å². The molecule has 1 spiro atoms. The van der Waals surface area contributed by atoms with Gasteiger partial charge in [0.25, 0.3) is 0 Å². The highest BCUT2D eigenvalue weighted by Crippen LogP contribution is 2.46. The van der Waals surface area contributed by atoms with Gasteiger partial charge >= 0.3 is 5.97 Å². The van der Waals surface area contributed by atoms with Gasteiger partial charge in [0.05, 0.1) is 36.4 Å². The highest BCUT2D eigenvalue weighted by Gasteiger charge is 2.52. The van der Waals surface area contributed by atoms with Crippen molar-refractivity contribution in [1.29, 1.82) is 0 Å². The van der Waals surface area contributed by atoms with Crippen LogP contribution in [-0.2, 0) is 32.6 Å². The molecule has 9 heteroatoms. The normalized spacial score (nSPS) is 28.6. The van der Waals surface area contributed by atoms with Crippen LogP contribution in [0, 0.1) is 5.41 Å². The van der Waals surface area contributed by atoms with Gasteiger partial charge in [-0.2, -0.15) is 0 Å². The summed E-state index contributed by atoms with van der Waals surface area (Å²) >= 11 is 0. The average Bonchev–Trinajstić information content (AvgIpc) is 2.79. The van der Waals surface area contributed by atoms with E-state index in [0.29, 0.717) is 42.5 Å². The van der Waals surface area contributed by atoms with Gasteiger partial charge < -0.3 is 27.8 Å². The molecule has 0 bridgehead atoms. The van der Waals surface area contributed by atoms with Gasteiger partial charge in [-0.15, -0.1) is 0 Å². The Kier molecular flexibility index (Phi) is 12.4. The third kappa shape index (κ3) is 9.11. The van der Waals surface area contributed by atoms with Gasteiger partial charge in [0, 0.05) is 32.8 Å². The smallest absolute Gasteiger partial charge is 0.311 e. The van der Waals surface area contributed by atoms with E-state index in [1.807, 2.05) is 20.8 Å². The van der Waals surface area contributed by atoms with Crippen LogP contribution in [0.2, 0.25) is 34.8 Å². The summed E-state index contributed by atoms with van der Waals surface area (Å²) in [6, 6.07) is 0. The van der Waals surface area contributed by atoms with Crippen molar-refractivity contribution >= 4 is 22.6 Å². The van der Waals surface area contributed by atoms with Crippen molar-refractivity contribution in [3.63, 3.8) is 0 Å². The van der Waals surface area contributed by atoms with E-state index in [1.54, 1.807) is 7.11 Å². The number of carbonyl (C=O) groups is 1. The fourth-order valence-electron chi connectivity index (χ4n) is 6.64. The maximum Gasteiger partial charge on any atom is 0.311 e. The molecule has 242 valence electrons. The van der Waals surface area contributed by atoms with E-state index in [-0.39, 0.29) is 42.0 Å². The second kappa shape index (κ2) is 13.8. The van der Waals surface area contributed by atoms with Crippen LogP contribution in [-0.4, -0.2) is 73.1 Å². The number of carbonyl (C=O) groups excluding carboxylic acids is 1. The van der Waals surface area contributed by atoms with E-state index in [4.69, 9.17) is 27.8 Å². The second-order valence-electron chi connectivity index (χ2n) is 16.1. The number of hydrogen-bond donors (Lipinski definition) is 0. The molecule has 2 fully saturated rings. The fraction of sp³-hybridized carbons (Fsp3) is 0.969. The molecule has 7 nitrogen and oxygen atoms in total. The van der Waals surface area contributed by atoms with E-state index in [9.17, 15) is 4.79 Å². The maximum atomic E-state index is 12.6. The number of ether oxygens (including phenoxy) is 4. The highest BCUT2D eigenvalue weighted by atomic mass is 28.4. The first-order valence-corrected chi connectivity index (χ1v) is 21.0. The Bertz CT molecular complexity index is 824. The molecule has 2 aliphatic heterocycles. The molecule has 0 aliphatic carbocycles. The molecular weight excluding hydrogens is 553 g/mol. The number of rotatable bonds is 11. The lowest BCUT2D eigenvalue weighted by molar-refractivity contribution is -0.344. The highest BCUT2D eigenvalue weighted by molar-refractivity contribution is 6.77. The molecule has 0 N–H and O–H groups in total. The van der Waals surface area contributed by atoms with Gasteiger partial charge in [-0.25, -0.2) is 0 Å². The lowest BCUT2D eigenvalue weighted by Crippen LogP contribution is -2.59. The predicted octanol–water partition coefficient (Wildman–Crippen LogP) is 8.23. The molecule has 0 aromatic rings. The minimum Gasteiger partial charge on any atom is -0.463 e. The molecule has 5 atom stereocenters. The first-order chi connectivity index (χ1) is 18.6. The first-order valence-electron chi connectivity index (χ1n) is 16.0. The lowest BCUT2D eigenvalue weighted by Gasteiger charge is -2.52. The van der Waals surface area contributed by atoms with Crippen LogP contribution >= 0.6 is 0 Å². The minimum absolute atomic E-state index is 0.0140. The molecule has 0 radical (unpaired) electrons. The molecular formula is C32H64O7Si2. The summed E-state index contributed by atoms with van der Waals surface area (Å²) in [5.41, 5.74) is 0.901. The lowest BCUT2D eigenvalue weighted by atomic mass is 9.89. The molecule has 0 aromatic heterocycles. The van der Waals surface area contributed by atoms with Crippen molar-refractivity contribution in [2.24, 2.45) is 5.41 Å². The van der Waals surface area contributed by atoms with Crippen LogP contribution in [0.15, 0.2) is 0 Å². The Hall–Kier alpha value is -0.296. The van der Waals surface area contributed by atoms with Crippen LogP contribution in [0.1, 0.15) is 109 Å². The Morgan fingerprint density at radius 1 is 0.829 bits per heavy atom. The van der Waals surface area contributed by atoms with E-state index < -0.39 is 27.8 Å². The van der Waals surface area contributed by atoms with Crippen LogP contribution in [0.25, 0.3) is 0 Å². The summed E-state index contributed by atoms with van der Waals surface area (Å²) < 4.78 is 39.3. The molecule has 2 heterocycles. The standard InChI is InChI=1S/C32H64O7Si2/c1-22(2)41(23(3)4,24(5)6)36-21-28-17-26(39-40(14,15)31(10,11)12)19-32(38-28)18-25(34-13)16-27(37-32)20-35-29(33)30(7,8)9/h22-28H,16-21H2,1-15H3/t25-,26-,27-,28+,32+/m0/s1. The quantitative estimate of drug-likeness (QED) is 0.171. The van der Waals surface area contributed by atoms with Crippen LogP contribution in [0.4, 0.5) is 0 Å². The molecule has 0 unspecified atom stereocenters. The SMILES string of the molecule is CO[C@H]1C[C@@H](COC(=O)C(C)(C)C)O[C@@]2(C1)C[C@@H](O[Si](C)(C)C(C)(C)C)C[C@H](CO[Si](C(C)C)(C(C)C)C(C)C)O2. The Morgan fingerprint density at radius 2 is 1.29 bits per heavy atom. The molecule has 2 aliphatic rings. The molecule has 0 saturated carbocycles. The van der Waals surface area contributed by atoms with E-state index in [0.717, 1.165) is 6.42 Å². The van der Waals surface area contributed by atoms with Crippen molar-refractivity contribution in [3.8, 4) is 0 Å². The molecule has 0 amide bonds. The summed E-state index contributed by atoms with van der Waals surface area (Å²) in [6.07, 6.45) is 2.11. The van der Waals surface area contributed by atoms with Crippen molar-refractivity contribution in [2.45, 2.75) is 174 Å². The largest absolute Gasteiger partial charge is 0.463 e. The van der Waals surface area contributed by atoms with Gasteiger partial charge in [-0.1, -0.05) is 62.3 Å². The maximum absolute atomic E-state index is 12.6. The van der Waals surface area contributed by atoms with Gasteiger partial charge in [0.15, 0.2) is 22.4 Å². The monoisotopic (exact) mass is 616 g/mol. The Balaban J connectivity index is 2.38.